The maximum Gasteiger partial charge on any atom is 0.212 e. The van der Waals surface area contributed by atoms with Crippen LogP contribution in [0.2, 0.25) is 0 Å². The van der Waals surface area contributed by atoms with Gasteiger partial charge in [0.2, 0.25) is 5.88 Å². The van der Waals surface area contributed by atoms with Crippen LogP contribution in [0.1, 0.15) is 45.5 Å². The lowest BCUT2D eigenvalue weighted by molar-refractivity contribution is 0.247. The molecule has 5 nitrogen and oxygen atoms in total. The fraction of sp³-hybridized carbons (Fsp3) is 0.538. The molecule has 0 atom stereocenters. The summed E-state index contributed by atoms with van der Waals surface area (Å²) in [6.45, 7) is 8.07. The molecule has 2 heterocycles. The summed E-state index contributed by atoms with van der Waals surface area (Å²) in [5.41, 5.74) is 0.450. The van der Waals surface area contributed by atoms with E-state index in [1.165, 1.54) is 6.20 Å². The maximum absolute atomic E-state index is 13.7. The van der Waals surface area contributed by atoms with Gasteiger partial charge in [-0.3, -0.25) is 4.68 Å². The molecule has 0 bridgehead atoms. The summed E-state index contributed by atoms with van der Waals surface area (Å²) in [6.07, 6.45) is 2.89. The van der Waals surface area contributed by atoms with Gasteiger partial charge in [0.05, 0.1) is 18.4 Å². The van der Waals surface area contributed by atoms with E-state index in [2.05, 4.69) is 10.2 Å². The summed E-state index contributed by atoms with van der Waals surface area (Å²) in [6, 6.07) is 2.07. The molecule has 0 aliphatic carbocycles. The quantitative estimate of drug-likeness (QED) is 0.835. The molecular formula is C13H19FN4O. The molecule has 0 saturated heterocycles. The Kier molecular flexibility index (Phi) is 3.87. The van der Waals surface area contributed by atoms with Gasteiger partial charge in [0.25, 0.3) is 0 Å². The number of ether oxygens (including phenoxy) is 1. The summed E-state index contributed by atoms with van der Waals surface area (Å²) in [5, 5.41) is 8.18. The first kappa shape index (κ1) is 13.6. The van der Waals surface area contributed by atoms with Crippen LogP contribution in [0.15, 0.2) is 18.5 Å². The summed E-state index contributed by atoms with van der Waals surface area (Å²) < 4.78 is 22.7. The minimum atomic E-state index is -0.343. The molecule has 0 aliphatic heterocycles. The van der Waals surface area contributed by atoms with Crippen molar-refractivity contribution in [1.29, 1.82) is 0 Å². The maximum atomic E-state index is 13.7. The predicted molar refractivity (Wildman–Crippen MR) is 69.5 cm³/mol. The number of hydrogen-bond donors (Lipinski definition) is 0. The van der Waals surface area contributed by atoms with E-state index in [0.29, 0.717) is 11.6 Å². The summed E-state index contributed by atoms with van der Waals surface area (Å²) in [5.74, 6) is 0.287. The van der Waals surface area contributed by atoms with Crippen LogP contribution in [-0.2, 0) is 6.61 Å². The average molecular weight is 266 g/mol. The lowest BCUT2D eigenvalue weighted by Crippen LogP contribution is -2.13. The van der Waals surface area contributed by atoms with E-state index in [-0.39, 0.29) is 24.5 Å². The Labute approximate surface area is 112 Å². The van der Waals surface area contributed by atoms with Crippen molar-refractivity contribution in [3.05, 3.63) is 30.0 Å². The molecule has 2 aromatic rings. The van der Waals surface area contributed by atoms with Crippen molar-refractivity contribution in [3.63, 3.8) is 0 Å². The molecule has 2 rings (SSSR count). The van der Waals surface area contributed by atoms with Crippen molar-refractivity contribution in [2.75, 3.05) is 0 Å². The van der Waals surface area contributed by atoms with E-state index < -0.39 is 0 Å². The van der Waals surface area contributed by atoms with Gasteiger partial charge in [-0.2, -0.15) is 10.2 Å². The number of halogens is 1. The normalized spacial score (nSPS) is 11.5. The van der Waals surface area contributed by atoms with E-state index in [4.69, 9.17) is 4.74 Å². The SMILES string of the molecule is CC(C)n1nccc1OCc1c(F)cnn1C(C)C. The first-order valence-corrected chi connectivity index (χ1v) is 6.39. The topological polar surface area (TPSA) is 44.9 Å². The van der Waals surface area contributed by atoms with Gasteiger partial charge in [-0.05, 0) is 27.7 Å². The molecule has 0 spiro atoms. The van der Waals surface area contributed by atoms with Crippen LogP contribution in [0.4, 0.5) is 4.39 Å². The largest absolute Gasteiger partial charge is 0.471 e. The molecule has 0 aliphatic rings. The highest BCUT2D eigenvalue weighted by Gasteiger charge is 2.15. The third-order valence-electron chi connectivity index (χ3n) is 2.82. The molecule has 0 N–H and O–H groups in total. The van der Waals surface area contributed by atoms with Crippen molar-refractivity contribution in [2.24, 2.45) is 0 Å². The molecule has 0 unspecified atom stereocenters. The highest BCUT2D eigenvalue weighted by atomic mass is 19.1. The Morgan fingerprint density at radius 3 is 2.47 bits per heavy atom. The smallest absolute Gasteiger partial charge is 0.212 e. The average Bonchev–Trinajstić information content (AvgIpc) is 2.92. The molecule has 2 aromatic heterocycles. The standard InChI is InChI=1S/C13H19FN4O/c1-9(2)17-12(11(14)7-16-17)8-19-13-5-6-15-18(13)10(3)4/h5-7,9-10H,8H2,1-4H3. The van der Waals surface area contributed by atoms with Crippen LogP contribution in [0, 0.1) is 5.82 Å². The molecule has 0 saturated carbocycles. The Morgan fingerprint density at radius 1 is 1.16 bits per heavy atom. The first-order chi connectivity index (χ1) is 9.00. The number of aromatic nitrogens is 4. The van der Waals surface area contributed by atoms with Gasteiger partial charge in [0.1, 0.15) is 12.3 Å². The minimum Gasteiger partial charge on any atom is -0.471 e. The van der Waals surface area contributed by atoms with Crippen molar-refractivity contribution in [3.8, 4) is 5.88 Å². The van der Waals surface area contributed by atoms with Crippen LogP contribution in [-0.4, -0.2) is 19.6 Å². The van der Waals surface area contributed by atoms with E-state index >= 15 is 0 Å². The van der Waals surface area contributed by atoms with Crippen LogP contribution < -0.4 is 4.74 Å². The van der Waals surface area contributed by atoms with Gasteiger partial charge in [-0.15, -0.1) is 0 Å². The monoisotopic (exact) mass is 266 g/mol. The van der Waals surface area contributed by atoms with Gasteiger partial charge in [0.15, 0.2) is 5.82 Å². The Hall–Kier alpha value is -1.85. The Bertz CT molecular complexity index is 545. The van der Waals surface area contributed by atoms with Gasteiger partial charge < -0.3 is 4.74 Å². The summed E-state index contributed by atoms with van der Waals surface area (Å²) in [4.78, 5) is 0. The van der Waals surface area contributed by atoms with Crippen LogP contribution in [0.25, 0.3) is 0 Å². The molecule has 19 heavy (non-hydrogen) atoms. The van der Waals surface area contributed by atoms with Gasteiger partial charge >= 0.3 is 0 Å². The summed E-state index contributed by atoms with van der Waals surface area (Å²) >= 11 is 0. The van der Waals surface area contributed by atoms with E-state index in [0.717, 1.165) is 0 Å². The second-order valence-electron chi connectivity index (χ2n) is 4.97. The van der Waals surface area contributed by atoms with Gasteiger partial charge in [-0.25, -0.2) is 9.07 Å². The molecule has 0 radical (unpaired) electrons. The molecule has 6 heteroatoms. The Balaban J connectivity index is 2.14. The zero-order valence-corrected chi connectivity index (χ0v) is 11.7. The molecule has 0 amide bonds. The highest BCUT2D eigenvalue weighted by Crippen LogP contribution is 2.19. The van der Waals surface area contributed by atoms with Crippen LogP contribution >= 0.6 is 0 Å². The van der Waals surface area contributed by atoms with E-state index in [1.54, 1.807) is 21.6 Å². The molecular weight excluding hydrogens is 247 g/mol. The number of nitrogens with zero attached hydrogens (tertiary/aromatic N) is 4. The van der Waals surface area contributed by atoms with Crippen molar-refractivity contribution >= 4 is 0 Å². The summed E-state index contributed by atoms with van der Waals surface area (Å²) in [7, 11) is 0. The van der Waals surface area contributed by atoms with Crippen molar-refractivity contribution in [2.45, 2.75) is 46.4 Å². The van der Waals surface area contributed by atoms with E-state index in [9.17, 15) is 4.39 Å². The highest BCUT2D eigenvalue weighted by molar-refractivity contribution is 5.11. The minimum absolute atomic E-state index is 0.0955. The number of rotatable bonds is 5. The van der Waals surface area contributed by atoms with Gasteiger partial charge in [0, 0.05) is 12.1 Å². The predicted octanol–water partition coefficient (Wildman–Crippen LogP) is 2.96. The second-order valence-corrected chi connectivity index (χ2v) is 4.97. The third-order valence-corrected chi connectivity index (χ3v) is 2.82. The fourth-order valence-corrected chi connectivity index (χ4v) is 1.89. The zero-order chi connectivity index (χ0) is 14.0. The molecule has 104 valence electrons. The van der Waals surface area contributed by atoms with Crippen molar-refractivity contribution < 1.29 is 9.13 Å². The third kappa shape index (κ3) is 2.77. The second kappa shape index (κ2) is 5.42. The van der Waals surface area contributed by atoms with Crippen molar-refractivity contribution in [1.82, 2.24) is 19.6 Å². The Morgan fingerprint density at radius 2 is 1.84 bits per heavy atom. The molecule has 0 fully saturated rings. The van der Waals surface area contributed by atoms with Crippen LogP contribution in [0.5, 0.6) is 5.88 Å². The molecule has 0 aromatic carbocycles. The zero-order valence-electron chi connectivity index (χ0n) is 11.7. The lowest BCUT2D eigenvalue weighted by Gasteiger charge is -2.14. The van der Waals surface area contributed by atoms with Gasteiger partial charge in [-0.1, -0.05) is 0 Å². The first-order valence-electron chi connectivity index (χ1n) is 6.39. The van der Waals surface area contributed by atoms with Crippen LogP contribution in [0.3, 0.4) is 0 Å². The van der Waals surface area contributed by atoms with E-state index in [1.807, 2.05) is 27.7 Å². The lowest BCUT2D eigenvalue weighted by atomic mass is 10.3. The number of hydrogen-bond acceptors (Lipinski definition) is 3. The fourth-order valence-electron chi connectivity index (χ4n) is 1.89.